The van der Waals surface area contributed by atoms with Crippen molar-refractivity contribution in [2.45, 2.75) is 50.5 Å². The van der Waals surface area contributed by atoms with Crippen molar-refractivity contribution in [1.29, 1.82) is 0 Å². The first-order chi connectivity index (χ1) is 9.82. The topological polar surface area (TPSA) is 37.4 Å². The second-order valence-electron chi connectivity index (χ2n) is 5.98. The maximum atomic E-state index is 13.0. The Hall–Kier alpha value is -0.100. The number of hydrogen-bond acceptors (Lipinski definition) is 2. The average Bonchev–Trinajstić information content (AvgIpc) is 2.88. The monoisotopic (exact) mass is 393 g/mol. The molecular formula is C15H21BrClNO2S. The van der Waals surface area contributed by atoms with Gasteiger partial charge in [-0.15, -0.1) is 0 Å². The maximum absolute atomic E-state index is 13.0. The molecule has 0 heterocycles. The quantitative estimate of drug-likeness (QED) is 0.726. The van der Waals surface area contributed by atoms with Gasteiger partial charge in [0, 0.05) is 17.1 Å². The molecule has 0 amide bonds. The highest BCUT2D eigenvalue weighted by atomic mass is 79.9. The van der Waals surface area contributed by atoms with E-state index in [1.165, 1.54) is 0 Å². The van der Waals surface area contributed by atoms with Crippen molar-refractivity contribution in [1.82, 2.24) is 4.31 Å². The van der Waals surface area contributed by atoms with Gasteiger partial charge in [-0.3, -0.25) is 0 Å². The van der Waals surface area contributed by atoms with Gasteiger partial charge >= 0.3 is 0 Å². The Balaban J connectivity index is 2.40. The summed E-state index contributed by atoms with van der Waals surface area (Å²) in [5.41, 5.74) is 0. The normalized spacial score (nSPS) is 17.0. The van der Waals surface area contributed by atoms with Crippen molar-refractivity contribution >= 4 is 37.6 Å². The summed E-state index contributed by atoms with van der Waals surface area (Å²) >= 11 is 9.48. The third-order valence-corrected chi connectivity index (χ3v) is 6.65. The van der Waals surface area contributed by atoms with Gasteiger partial charge in [-0.05, 0) is 37.0 Å². The number of benzene rings is 1. The molecule has 0 spiro atoms. The lowest BCUT2D eigenvalue weighted by molar-refractivity contribution is 0.292. The summed E-state index contributed by atoms with van der Waals surface area (Å²) in [7, 11) is -3.55. The molecule has 0 bridgehead atoms. The highest BCUT2D eigenvalue weighted by Gasteiger charge is 2.34. The minimum absolute atomic E-state index is 0.108. The second-order valence-corrected chi connectivity index (χ2v) is 9.16. The first kappa shape index (κ1) is 17.3. The molecule has 1 saturated carbocycles. The maximum Gasteiger partial charge on any atom is 0.244 e. The molecule has 1 aromatic rings. The molecule has 0 aromatic heterocycles. The van der Waals surface area contributed by atoms with Gasteiger partial charge in [-0.2, -0.15) is 4.31 Å². The van der Waals surface area contributed by atoms with Crippen LogP contribution < -0.4 is 0 Å². The lowest BCUT2D eigenvalue weighted by Crippen LogP contribution is -2.41. The average molecular weight is 395 g/mol. The molecule has 1 fully saturated rings. The van der Waals surface area contributed by atoms with Crippen LogP contribution in [0.4, 0.5) is 0 Å². The zero-order valence-electron chi connectivity index (χ0n) is 12.4. The van der Waals surface area contributed by atoms with Gasteiger partial charge in [0.25, 0.3) is 0 Å². The van der Waals surface area contributed by atoms with Crippen LogP contribution in [0.15, 0.2) is 27.6 Å². The molecule has 118 valence electrons. The van der Waals surface area contributed by atoms with Crippen LogP contribution >= 0.6 is 27.5 Å². The lowest BCUT2D eigenvalue weighted by Gasteiger charge is -2.30. The summed E-state index contributed by atoms with van der Waals surface area (Å²) in [6.07, 6.45) is 4.09. The minimum Gasteiger partial charge on any atom is -0.207 e. The Morgan fingerprint density at radius 1 is 1.33 bits per heavy atom. The minimum atomic E-state index is -3.55. The highest BCUT2D eigenvalue weighted by Crippen LogP contribution is 2.33. The molecule has 1 aliphatic rings. The van der Waals surface area contributed by atoms with Gasteiger partial charge in [0.2, 0.25) is 10.0 Å². The molecule has 1 aromatic carbocycles. The highest BCUT2D eigenvalue weighted by molar-refractivity contribution is 9.10. The Morgan fingerprint density at radius 3 is 2.48 bits per heavy atom. The molecule has 2 rings (SSSR count). The van der Waals surface area contributed by atoms with Gasteiger partial charge in [-0.1, -0.05) is 54.2 Å². The van der Waals surface area contributed by atoms with Crippen molar-refractivity contribution in [2.75, 3.05) is 6.54 Å². The van der Waals surface area contributed by atoms with Crippen LogP contribution in [-0.2, 0) is 10.0 Å². The third kappa shape index (κ3) is 4.01. The van der Waals surface area contributed by atoms with Gasteiger partial charge in [-0.25, -0.2) is 8.42 Å². The van der Waals surface area contributed by atoms with Crippen molar-refractivity contribution in [3.05, 3.63) is 27.7 Å². The van der Waals surface area contributed by atoms with Crippen LogP contribution in [0.3, 0.4) is 0 Å². The van der Waals surface area contributed by atoms with E-state index in [2.05, 4.69) is 15.9 Å². The second kappa shape index (κ2) is 6.99. The molecule has 0 aliphatic heterocycles. The van der Waals surface area contributed by atoms with E-state index >= 15 is 0 Å². The molecule has 21 heavy (non-hydrogen) atoms. The molecule has 3 nitrogen and oxygen atoms in total. The summed E-state index contributed by atoms with van der Waals surface area (Å²) in [5.74, 6) is 0.287. The van der Waals surface area contributed by atoms with Gasteiger partial charge in [0.1, 0.15) is 4.90 Å². The number of rotatable bonds is 5. The van der Waals surface area contributed by atoms with E-state index < -0.39 is 10.0 Å². The van der Waals surface area contributed by atoms with Crippen LogP contribution in [0, 0.1) is 5.92 Å². The lowest BCUT2D eigenvalue weighted by atomic mass is 10.2. The Morgan fingerprint density at radius 2 is 1.95 bits per heavy atom. The summed E-state index contributed by atoms with van der Waals surface area (Å²) in [6, 6.07) is 5.05. The largest absolute Gasteiger partial charge is 0.244 e. The van der Waals surface area contributed by atoms with Gasteiger partial charge in [0.05, 0.1) is 5.02 Å². The van der Waals surface area contributed by atoms with E-state index in [9.17, 15) is 8.42 Å². The first-order valence-corrected chi connectivity index (χ1v) is 9.90. The van der Waals surface area contributed by atoms with E-state index in [1.807, 2.05) is 13.8 Å². The molecule has 0 N–H and O–H groups in total. The van der Waals surface area contributed by atoms with Crippen molar-refractivity contribution < 1.29 is 8.42 Å². The van der Waals surface area contributed by atoms with E-state index in [0.717, 1.165) is 30.2 Å². The summed E-state index contributed by atoms with van der Waals surface area (Å²) in [5, 5.41) is 0.274. The van der Waals surface area contributed by atoms with Crippen LogP contribution in [0.2, 0.25) is 5.02 Å². The van der Waals surface area contributed by atoms with Crippen LogP contribution in [0.25, 0.3) is 0 Å². The van der Waals surface area contributed by atoms with E-state index in [-0.39, 0.29) is 21.9 Å². The number of halogens is 2. The van der Waals surface area contributed by atoms with E-state index in [1.54, 1.807) is 22.5 Å². The summed E-state index contributed by atoms with van der Waals surface area (Å²) < 4.78 is 28.5. The molecule has 0 saturated heterocycles. The fourth-order valence-corrected chi connectivity index (χ4v) is 5.67. The van der Waals surface area contributed by atoms with E-state index in [0.29, 0.717) is 6.54 Å². The zero-order valence-corrected chi connectivity index (χ0v) is 15.5. The molecule has 0 atom stereocenters. The molecule has 0 unspecified atom stereocenters. The third-order valence-electron chi connectivity index (χ3n) is 3.76. The van der Waals surface area contributed by atoms with Gasteiger partial charge in [0.15, 0.2) is 0 Å². The molecule has 1 aliphatic carbocycles. The predicted molar refractivity (Wildman–Crippen MR) is 90.1 cm³/mol. The zero-order chi connectivity index (χ0) is 15.6. The van der Waals surface area contributed by atoms with Crippen LogP contribution in [0.5, 0.6) is 0 Å². The fraction of sp³-hybridized carbons (Fsp3) is 0.600. The van der Waals surface area contributed by atoms with Crippen molar-refractivity contribution in [3.8, 4) is 0 Å². The Bertz CT molecular complexity index is 598. The smallest absolute Gasteiger partial charge is 0.207 e. The predicted octanol–water partition coefficient (Wildman–Crippen LogP) is 4.69. The summed E-state index contributed by atoms with van der Waals surface area (Å²) in [4.78, 5) is 0.208. The number of sulfonamides is 1. The van der Waals surface area contributed by atoms with Crippen LogP contribution in [0.1, 0.15) is 39.5 Å². The van der Waals surface area contributed by atoms with Crippen molar-refractivity contribution in [2.24, 2.45) is 5.92 Å². The standard InChI is InChI=1S/C15H21BrClNO2S/c1-11(2)10-18(13-5-3-4-6-13)21(19,20)15-8-7-12(16)9-14(15)17/h7-9,11,13H,3-6,10H2,1-2H3. The number of nitrogens with zero attached hydrogens (tertiary/aromatic N) is 1. The Kier molecular flexibility index (Phi) is 5.74. The van der Waals surface area contributed by atoms with Crippen LogP contribution in [-0.4, -0.2) is 25.3 Å². The van der Waals surface area contributed by atoms with E-state index in [4.69, 9.17) is 11.6 Å². The first-order valence-electron chi connectivity index (χ1n) is 7.29. The van der Waals surface area contributed by atoms with Gasteiger partial charge < -0.3 is 0 Å². The summed E-state index contributed by atoms with van der Waals surface area (Å²) in [6.45, 7) is 4.63. The molecular weight excluding hydrogens is 374 g/mol. The Labute approximate surface area is 140 Å². The molecule has 0 radical (unpaired) electrons. The molecule has 6 heteroatoms. The van der Waals surface area contributed by atoms with Crippen molar-refractivity contribution in [3.63, 3.8) is 0 Å². The number of hydrogen-bond donors (Lipinski definition) is 0. The SMILES string of the molecule is CC(C)CN(C1CCCC1)S(=O)(=O)c1ccc(Br)cc1Cl. The fourth-order valence-electron chi connectivity index (χ4n) is 2.81.